The highest BCUT2D eigenvalue weighted by atomic mass is 35.5. The number of hydrogen-bond donors (Lipinski definition) is 1. The first kappa shape index (κ1) is 16.8. The van der Waals surface area contributed by atoms with Crippen molar-refractivity contribution in [3.05, 3.63) is 28.2 Å². The molecular formula is C12H13Cl2N3O2S. The maximum atomic E-state index is 12.1. The van der Waals surface area contributed by atoms with Gasteiger partial charge in [-0.25, -0.2) is 8.42 Å². The van der Waals surface area contributed by atoms with E-state index in [-0.39, 0.29) is 0 Å². The van der Waals surface area contributed by atoms with Crippen molar-refractivity contribution in [1.82, 2.24) is 0 Å². The van der Waals surface area contributed by atoms with Gasteiger partial charge >= 0.3 is 0 Å². The molecule has 0 aliphatic rings. The Labute approximate surface area is 128 Å². The van der Waals surface area contributed by atoms with Gasteiger partial charge in [0.15, 0.2) is 0 Å². The molecule has 108 valence electrons. The van der Waals surface area contributed by atoms with Crippen molar-refractivity contribution in [2.45, 2.75) is 25.5 Å². The van der Waals surface area contributed by atoms with Crippen LogP contribution < -0.4 is 5.43 Å². The maximum absolute atomic E-state index is 12.1. The molecule has 0 heterocycles. The molecule has 0 amide bonds. The predicted molar refractivity (Wildman–Crippen MR) is 81.8 cm³/mol. The van der Waals surface area contributed by atoms with Gasteiger partial charge in [-0.15, -0.1) is 0 Å². The molecule has 0 saturated heterocycles. The van der Waals surface area contributed by atoms with Crippen molar-refractivity contribution in [3.8, 4) is 6.07 Å². The van der Waals surface area contributed by atoms with E-state index in [2.05, 4.69) is 10.5 Å². The summed E-state index contributed by atoms with van der Waals surface area (Å²) in [4.78, 5) is 0. The van der Waals surface area contributed by atoms with Gasteiger partial charge in [0.05, 0.1) is 20.5 Å². The minimum Gasteiger partial charge on any atom is -0.276 e. The van der Waals surface area contributed by atoms with E-state index < -0.39 is 19.6 Å². The number of rotatable bonds is 2. The third-order valence-electron chi connectivity index (χ3n) is 2.36. The Bertz CT molecular complexity index is 686. The highest BCUT2D eigenvalue weighted by Crippen LogP contribution is 2.25. The van der Waals surface area contributed by atoms with Crippen LogP contribution in [0.25, 0.3) is 0 Å². The zero-order valence-electron chi connectivity index (χ0n) is 11.1. The van der Waals surface area contributed by atoms with Gasteiger partial charge in [0, 0.05) is 0 Å². The molecule has 0 bridgehead atoms. The van der Waals surface area contributed by atoms with Crippen LogP contribution in [0.5, 0.6) is 0 Å². The third-order valence-corrected chi connectivity index (χ3v) is 5.41. The molecule has 1 N–H and O–H groups in total. The van der Waals surface area contributed by atoms with Gasteiger partial charge in [-0.05, 0) is 39.0 Å². The lowest BCUT2D eigenvalue weighted by molar-refractivity contribution is 0.573. The van der Waals surface area contributed by atoms with Gasteiger partial charge in [0.2, 0.25) is 9.84 Å². The van der Waals surface area contributed by atoms with Crippen LogP contribution in [0.1, 0.15) is 20.8 Å². The van der Waals surface area contributed by atoms with Gasteiger partial charge < -0.3 is 0 Å². The first-order chi connectivity index (χ1) is 9.09. The molecule has 0 aromatic heterocycles. The summed E-state index contributed by atoms with van der Waals surface area (Å²) in [5.74, 6) is 0. The molecule has 0 atom stereocenters. The Morgan fingerprint density at radius 1 is 1.30 bits per heavy atom. The van der Waals surface area contributed by atoms with Gasteiger partial charge in [0.25, 0.3) is 5.04 Å². The minimum atomic E-state index is -3.81. The van der Waals surface area contributed by atoms with E-state index >= 15 is 0 Å². The largest absolute Gasteiger partial charge is 0.276 e. The third kappa shape index (κ3) is 3.63. The quantitative estimate of drug-likeness (QED) is 0.510. The molecule has 0 fully saturated rings. The van der Waals surface area contributed by atoms with Crippen LogP contribution in [0.3, 0.4) is 0 Å². The number of nitrogens with zero attached hydrogens (tertiary/aromatic N) is 2. The zero-order chi connectivity index (χ0) is 15.6. The summed E-state index contributed by atoms with van der Waals surface area (Å²) in [5.41, 5.74) is 2.91. The molecule has 8 heteroatoms. The Balaban J connectivity index is 3.10. The van der Waals surface area contributed by atoms with Crippen molar-refractivity contribution in [2.75, 3.05) is 5.43 Å². The van der Waals surface area contributed by atoms with Crippen molar-refractivity contribution in [1.29, 1.82) is 5.26 Å². The predicted octanol–water partition coefficient (Wildman–Crippen LogP) is 3.46. The lowest BCUT2D eigenvalue weighted by Gasteiger charge is -2.17. The number of hydrazone groups is 1. The molecule has 0 aliphatic heterocycles. The fraction of sp³-hybridized carbons (Fsp3) is 0.333. The average Bonchev–Trinajstić information content (AvgIpc) is 2.32. The maximum Gasteiger partial charge on any atom is 0.252 e. The second-order valence-corrected chi connectivity index (χ2v) is 8.32. The molecule has 1 aromatic rings. The van der Waals surface area contributed by atoms with Crippen LogP contribution in [-0.2, 0) is 9.84 Å². The van der Waals surface area contributed by atoms with Crippen molar-refractivity contribution < 1.29 is 8.42 Å². The van der Waals surface area contributed by atoms with Gasteiger partial charge in [-0.2, -0.15) is 10.4 Å². The fourth-order valence-electron chi connectivity index (χ4n) is 1.12. The van der Waals surface area contributed by atoms with Crippen molar-refractivity contribution >= 4 is 43.8 Å². The molecule has 1 rings (SSSR count). The van der Waals surface area contributed by atoms with Crippen LogP contribution in [0.4, 0.5) is 5.69 Å². The lowest BCUT2D eigenvalue weighted by Crippen LogP contribution is -2.34. The molecule has 0 unspecified atom stereocenters. The lowest BCUT2D eigenvalue weighted by atomic mass is 10.3. The smallest absolute Gasteiger partial charge is 0.252 e. The SMILES string of the molecule is CC(C)(C)S(=O)(=O)/C(C#N)=N\Nc1ccc(Cl)c(Cl)c1. The summed E-state index contributed by atoms with van der Waals surface area (Å²) >= 11 is 11.6. The molecule has 20 heavy (non-hydrogen) atoms. The van der Waals surface area contributed by atoms with E-state index in [0.29, 0.717) is 15.7 Å². The molecule has 0 saturated carbocycles. The Morgan fingerprint density at radius 2 is 1.90 bits per heavy atom. The van der Waals surface area contributed by atoms with Crippen molar-refractivity contribution in [3.63, 3.8) is 0 Å². The average molecular weight is 334 g/mol. The summed E-state index contributed by atoms with van der Waals surface area (Å²) in [6, 6.07) is 6.16. The van der Waals surface area contributed by atoms with E-state index in [1.807, 2.05) is 0 Å². The zero-order valence-corrected chi connectivity index (χ0v) is 13.4. The summed E-state index contributed by atoms with van der Waals surface area (Å²) < 4.78 is 23.1. The topological polar surface area (TPSA) is 82.3 Å². The van der Waals surface area contributed by atoms with Gasteiger partial charge in [-0.1, -0.05) is 23.2 Å². The highest BCUT2D eigenvalue weighted by molar-refractivity contribution is 8.08. The summed E-state index contributed by atoms with van der Waals surface area (Å²) in [5, 5.41) is 12.7. The number of nitriles is 1. The summed E-state index contributed by atoms with van der Waals surface area (Å²) in [7, 11) is -3.81. The van der Waals surface area contributed by atoms with Crippen LogP contribution in [0.15, 0.2) is 23.3 Å². The van der Waals surface area contributed by atoms with Crippen LogP contribution in [0.2, 0.25) is 10.0 Å². The number of nitrogens with one attached hydrogen (secondary N) is 1. The molecule has 0 radical (unpaired) electrons. The van der Waals surface area contributed by atoms with E-state index in [4.69, 9.17) is 28.5 Å². The second-order valence-electron chi connectivity index (χ2n) is 4.89. The van der Waals surface area contributed by atoms with E-state index in [1.54, 1.807) is 12.1 Å². The number of sulfone groups is 1. The molecular weight excluding hydrogens is 321 g/mol. The van der Waals surface area contributed by atoms with E-state index in [1.165, 1.54) is 32.9 Å². The Kier molecular flexibility index (Phi) is 5.03. The molecule has 0 aliphatic carbocycles. The van der Waals surface area contributed by atoms with Crippen molar-refractivity contribution in [2.24, 2.45) is 5.10 Å². The summed E-state index contributed by atoms with van der Waals surface area (Å²) in [6.07, 6.45) is 0. The van der Waals surface area contributed by atoms with Gasteiger partial charge in [-0.3, -0.25) is 5.43 Å². The number of hydrogen-bond acceptors (Lipinski definition) is 5. The second kappa shape index (κ2) is 6.00. The highest BCUT2D eigenvalue weighted by Gasteiger charge is 2.34. The Hall–Kier alpha value is -1.29. The molecule has 0 spiro atoms. The normalized spacial score (nSPS) is 12.9. The number of anilines is 1. The first-order valence-corrected chi connectivity index (χ1v) is 7.77. The van der Waals surface area contributed by atoms with E-state index in [9.17, 15) is 8.42 Å². The van der Waals surface area contributed by atoms with Gasteiger partial charge in [0.1, 0.15) is 6.07 Å². The van der Waals surface area contributed by atoms with Crippen LogP contribution in [0, 0.1) is 11.3 Å². The molecule has 1 aromatic carbocycles. The minimum absolute atomic E-state index is 0.295. The number of benzene rings is 1. The number of halogens is 2. The standard InChI is InChI=1S/C12H13Cl2N3O2S/c1-12(2,3)20(18,19)11(7-15)17-16-8-4-5-9(13)10(14)6-8/h4-6,16H,1-3H3/b17-11-. The van der Waals surface area contributed by atoms with Crippen LogP contribution in [-0.4, -0.2) is 18.2 Å². The van der Waals surface area contributed by atoms with Crippen LogP contribution >= 0.6 is 23.2 Å². The Morgan fingerprint density at radius 3 is 2.35 bits per heavy atom. The summed E-state index contributed by atoms with van der Waals surface area (Å²) in [6.45, 7) is 4.48. The first-order valence-electron chi connectivity index (χ1n) is 5.53. The monoisotopic (exact) mass is 333 g/mol. The fourth-order valence-corrected chi connectivity index (χ4v) is 2.28. The molecule has 5 nitrogen and oxygen atoms in total. The van der Waals surface area contributed by atoms with E-state index in [0.717, 1.165) is 0 Å².